The molecule has 3 aromatic carbocycles. The molecule has 0 aliphatic rings. The predicted octanol–water partition coefficient (Wildman–Crippen LogP) is 6.41. The van der Waals surface area contributed by atoms with Crippen molar-refractivity contribution in [2.24, 2.45) is 5.73 Å². The number of ether oxygens (including phenoxy) is 1. The summed E-state index contributed by atoms with van der Waals surface area (Å²) in [6.45, 7) is -0.860. The van der Waals surface area contributed by atoms with E-state index in [-0.39, 0.29) is 18.0 Å². The molecule has 0 aliphatic heterocycles. The van der Waals surface area contributed by atoms with Gasteiger partial charge in [0, 0.05) is 32.9 Å². The van der Waals surface area contributed by atoms with Crippen LogP contribution in [0.3, 0.4) is 0 Å². The average molecular weight is 781 g/mol. The second-order valence-corrected chi connectivity index (χ2v) is 16.5. The highest BCUT2D eigenvalue weighted by atomic mass is 32.2. The Kier molecular flexibility index (Phi) is 11.0. The van der Waals surface area contributed by atoms with Crippen molar-refractivity contribution in [1.29, 1.82) is 0 Å². The summed E-state index contributed by atoms with van der Waals surface area (Å²) in [4.78, 5) is 41.2. The number of nitrogens with one attached hydrogen (secondary N) is 1. The topological polar surface area (TPSA) is 172 Å². The lowest BCUT2D eigenvalue weighted by Crippen LogP contribution is -2.49. The van der Waals surface area contributed by atoms with Gasteiger partial charge in [-0.3, -0.25) is 4.79 Å². The molecule has 0 spiro atoms. The molecule has 0 radical (unpaired) electrons. The number of pyridine rings is 1. The zero-order chi connectivity index (χ0) is 37.8. The lowest BCUT2D eigenvalue weighted by atomic mass is 9.85. The van der Waals surface area contributed by atoms with Gasteiger partial charge in [0.05, 0.1) is 59.5 Å². The SMILES string of the molecule is COC(=O)N(Cc1ccc(C(CO)N(Cc2cc3cccnc3[nH]2)S(=O)(=O)c2ccc3ncsc3c2)s1)C(=O)[C@@H](N)C(c1ccccc1)c1ccccc1. The molecular weight excluding hydrogens is 745 g/mol. The largest absolute Gasteiger partial charge is 0.452 e. The summed E-state index contributed by atoms with van der Waals surface area (Å²) in [5.74, 6) is -1.21. The Balaban J connectivity index is 1.21. The third-order valence-electron chi connectivity index (χ3n) is 9.15. The van der Waals surface area contributed by atoms with E-state index in [9.17, 15) is 23.1 Å². The molecule has 0 saturated carbocycles. The molecule has 7 rings (SSSR count). The smallest absolute Gasteiger partial charge is 0.416 e. The lowest BCUT2D eigenvalue weighted by Gasteiger charge is -2.29. The number of aliphatic hydroxyl groups is 1. The van der Waals surface area contributed by atoms with Gasteiger partial charge >= 0.3 is 6.09 Å². The van der Waals surface area contributed by atoms with Crippen LogP contribution in [0.5, 0.6) is 0 Å². The Morgan fingerprint density at radius 2 is 1.63 bits per heavy atom. The number of thiazole rings is 1. The van der Waals surface area contributed by atoms with Gasteiger partial charge in [-0.2, -0.15) is 4.31 Å². The summed E-state index contributed by atoms with van der Waals surface area (Å²) >= 11 is 2.50. The Labute approximate surface area is 319 Å². The summed E-state index contributed by atoms with van der Waals surface area (Å²) in [6.07, 6.45) is 0.753. The van der Waals surface area contributed by atoms with Crippen molar-refractivity contribution < 1.29 is 27.9 Å². The second-order valence-electron chi connectivity index (χ2n) is 12.5. The lowest BCUT2D eigenvalue weighted by molar-refractivity contribution is -0.131. The number of aromatic nitrogens is 3. The van der Waals surface area contributed by atoms with Crippen molar-refractivity contribution in [1.82, 2.24) is 24.2 Å². The monoisotopic (exact) mass is 780 g/mol. The number of carbonyl (C=O) groups is 2. The van der Waals surface area contributed by atoms with Gasteiger partial charge in [0.1, 0.15) is 5.65 Å². The molecule has 4 N–H and O–H groups in total. The van der Waals surface area contributed by atoms with Gasteiger partial charge in [0.25, 0.3) is 0 Å². The normalized spacial score (nSPS) is 13.1. The summed E-state index contributed by atoms with van der Waals surface area (Å²) in [6, 6.07) is 30.2. The number of nitrogens with two attached hydrogens (primary N) is 1. The molecule has 1 unspecified atom stereocenters. The third kappa shape index (κ3) is 7.55. The van der Waals surface area contributed by atoms with Crippen LogP contribution in [-0.4, -0.2) is 69.4 Å². The number of hydrogen-bond donors (Lipinski definition) is 3. The highest BCUT2D eigenvalue weighted by Gasteiger charge is 2.37. The maximum atomic E-state index is 14.5. The third-order valence-corrected chi connectivity index (χ3v) is 13.0. The molecule has 54 heavy (non-hydrogen) atoms. The van der Waals surface area contributed by atoms with Crippen molar-refractivity contribution in [2.75, 3.05) is 13.7 Å². The molecule has 0 saturated heterocycles. The number of aromatic amines is 1. The van der Waals surface area contributed by atoms with E-state index in [1.54, 1.807) is 42.0 Å². The van der Waals surface area contributed by atoms with E-state index in [1.165, 1.54) is 40.2 Å². The molecule has 0 aliphatic carbocycles. The maximum absolute atomic E-state index is 14.5. The number of amides is 2. The van der Waals surface area contributed by atoms with Gasteiger partial charge in [0.2, 0.25) is 15.9 Å². The van der Waals surface area contributed by atoms with Crippen LogP contribution < -0.4 is 5.73 Å². The molecule has 4 aromatic heterocycles. The molecule has 12 nitrogen and oxygen atoms in total. The number of carbonyl (C=O) groups excluding carboxylic acids is 2. The number of thiophene rings is 1. The minimum atomic E-state index is -4.22. The number of aliphatic hydroxyl groups excluding tert-OH is 1. The highest BCUT2D eigenvalue weighted by Crippen LogP contribution is 2.36. The van der Waals surface area contributed by atoms with E-state index >= 15 is 0 Å². The molecule has 2 atom stereocenters. The number of methoxy groups -OCH3 is 1. The number of fused-ring (bicyclic) bond motifs is 2. The van der Waals surface area contributed by atoms with E-state index < -0.39 is 46.6 Å². The van der Waals surface area contributed by atoms with E-state index in [1.807, 2.05) is 72.8 Å². The van der Waals surface area contributed by atoms with Gasteiger partial charge in [-0.15, -0.1) is 22.7 Å². The van der Waals surface area contributed by atoms with Gasteiger partial charge < -0.3 is 20.6 Å². The first-order valence-electron chi connectivity index (χ1n) is 16.9. The maximum Gasteiger partial charge on any atom is 0.416 e. The first kappa shape index (κ1) is 37.0. The van der Waals surface area contributed by atoms with Crippen LogP contribution in [-0.2, 0) is 32.6 Å². The van der Waals surface area contributed by atoms with Crippen molar-refractivity contribution >= 4 is 65.9 Å². The van der Waals surface area contributed by atoms with E-state index in [0.717, 1.165) is 21.4 Å². The quantitative estimate of drug-likeness (QED) is 0.120. The minimum absolute atomic E-state index is 0.0477. The van der Waals surface area contributed by atoms with Gasteiger partial charge in [-0.1, -0.05) is 60.7 Å². The first-order valence-corrected chi connectivity index (χ1v) is 20.0. The fraction of sp³-hybridized carbons (Fsp3) is 0.179. The van der Waals surface area contributed by atoms with Crippen LogP contribution in [0.2, 0.25) is 0 Å². The Bertz CT molecular complexity index is 2430. The highest BCUT2D eigenvalue weighted by molar-refractivity contribution is 7.89. The van der Waals surface area contributed by atoms with Crippen LogP contribution >= 0.6 is 22.7 Å². The molecule has 276 valence electrons. The number of H-pyrrole nitrogens is 1. The van der Waals surface area contributed by atoms with Crippen molar-refractivity contribution in [3.05, 3.63) is 147 Å². The van der Waals surface area contributed by atoms with Crippen LogP contribution in [0.4, 0.5) is 4.79 Å². The summed E-state index contributed by atoms with van der Waals surface area (Å²) < 4.78 is 36.0. The Morgan fingerprint density at radius 3 is 2.30 bits per heavy atom. The van der Waals surface area contributed by atoms with Crippen molar-refractivity contribution in [3.8, 4) is 0 Å². The number of hydrogen-bond acceptors (Lipinski definition) is 11. The Hall–Kier alpha value is -5.29. The van der Waals surface area contributed by atoms with Crippen molar-refractivity contribution in [3.63, 3.8) is 0 Å². The number of sulfonamides is 1. The molecule has 2 amide bonds. The number of imide groups is 1. The first-order chi connectivity index (χ1) is 26.2. The summed E-state index contributed by atoms with van der Waals surface area (Å²) in [5.41, 5.74) is 11.8. The fourth-order valence-electron chi connectivity index (χ4n) is 6.49. The zero-order valence-corrected chi connectivity index (χ0v) is 31.4. The average Bonchev–Trinajstić information content (AvgIpc) is 3.97. The summed E-state index contributed by atoms with van der Waals surface area (Å²) in [5, 5.41) is 11.7. The predicted molar refractivity (Wildman–Crippen MR) is 208 cm³/mol. The van der Waals surface area contributed by atoms with E-state index in [2.05, 4.69) is 15.0 Å². The molecule has 4 heterocycles. The van der Waals surface area contributed by atoms with Crippen LogP contribution in [0.25, 0.3) is 21.3 Å². The second kappa shape index (κ2) is 16.0. The van der Waals surface area contributed by atoms with Gasteiger partial charge in [-0.05, 0) is 59.7 Å². The fourth-order valence-corrected chi connectivity index (χ4v) is 10.1. The molecule has 0 bridgehead atoms. The van der Waals surface area contributed by atoms with E-state index in [0.29, 0.717) is 31.3 Å². The number of benzene rings is 3. The Morgan fingerprint density at radius 1 is 0.907 bits per heavy atom. The standard InChI is InChI=1S/C39H36N6O6S3/c1-51-39(48)44(38(47)36(40)35(25-9-4-2-5-10-25)26-11-6-3-7-12-26)22-29-14-17-33(53-29)32(23-46)45(21-28-19-27-13-8-18-41-37(27)43-28)54(49,50)30-15-16-31-34(20-30)52-24-42-31/h2-20,24,32,35-36,46H,21-23,40H2,1H3,(H,41,43)/t32?,36-/m0/s1. The number of rotatable bonds is 13. The van der Waals surface area contributed by atoms with Crippen LogP contribution in [0.15, 0.2) is 126 Å². The van der Waals surface area contributed by atoms with Crippen LogP contribution in [0, 0.1) is 0 Å². The molecule has 15 heteroatoms. The molecule has 7 aromatic rings. The summed E-state index contributed by atoms with van der Waals surface area (Å²) in [7, 11) is -3.03. The molecule has 0 fully saturated rings. The number of nitrogens with zero attached hydrogens (tertiary/aromatic N) is 4. The van der Waals surface area contributed by atoms with Crippen LogP contribution in [0.1, 0.15) is 38.5 Å². The van der Waals surface area contributed by atoms with Crippen molar-refractivity contribution in [2.45, 2.75) is 36.0 Å². The molecular formula is C39H36N6O6S3. The van der Waals surface area contributed by atoms with E-state index in [4.69, 9.17) is 10.5 Å². The van der Waals surface area contributed by atoms with Gasteiger partial charge in [-0.25, -0.2) is 28.1 Å². The zero-order valence-electron chi connectivity index (χ0n) is 29.0. The van der Waals surface area contributed by atoms with Gasteiger partial charge in [0.15, 0.2) is 0 Å². The minimum Gasteiger partial charge on any atom is -0.452 e.